The predicted molar refractivity (Wildman–Crippen MR) is 97.5 cm³/mol. The molecule has 0 bridgehead atoms. The molecule has 3 aromatic carbocycles. The molecule has 26 heavy (non-hydrogen) atoms. The standard InChI is InChI=1S/C21H15NO4/c1-2-26-21(25)15-8-10-17-18(12-15)20(24)22(19(17)23)16-9-7-13-5-3-4-6-14(13)11-16/h3-12H,2H2,1H3. The predicted octanol–water partition coefficient (Wildman–Crippen LogP) is 3.82. The molecule has 1 heterocycles. The first-order chi connectivity index (χ1) is 12.6. The minimum Gasteiger partial charge on any atom is -0.462 e. The molecule has 0 aliphatic carbocycles. The quantitative estimate of drug-likeness (QED) is 0.535. The Kier molecular flexibility index (Phi) is 3.77. The molecule has 0 N–H and O–H groups in total. The summed E-state index contributed by atoms with van der Waals surface area (Å²) in [5.74, 6) is -1.35. The minimum atomic E-state index is -0.514. The van der Waals surface area contributed by atoms with E-state index in [1.54, 1.807) is 13.0 Å². The van der Waals surface area contributed by atoms with E-state index in [0.717, 1.165) is 15.7 Å². The number of anilines is 1. The Bertz CT molecular complexity index is 1070. The van der Waals surface area contributed by atoms with E-state index >= 15 is 0 Å². The van der Waals surface area contributed by atoms with Gasteiger partial charge in [-0.25, -0.2) is 9.69 Å². The van der Waals surface area contributed by atoms with Crippen molar-refractivity contribution in [3.8, 4) is 0 Å². The van der Waals surface area contributed by atoms with Crippen LogP contribution in [0.2, 0.25) is 0 Å². The second-order valence-electron chi connectivity index (χ2n) is 5.96. The van der Waals surface area contributed by atoms with Crippen molar-refractivity contribution < 1.29 is 19.1 Å². The number of imide groups is 1. The second-order valence-corrected chi connectivity index (χ2v) is 5.96. The number of esters is 1. The van der Waals surface area contributed by atoms with Crippen molar-refractivity contribution in [2.24, 2.45) is 0 Å². The van der Waals surface area contributed by atoms with Gasteiger partial charge in [-0.3, -0.25) is 9.59 Å². The summed E-state index contributed by atoms with van der Waals surface area (Å²) in [5, 5.41) is 1.96. The summed E-state index contributed by atoms with van der Waals surface area (Å²) in [5.41, 5.74) is 1.27. The number of hydrogen-bond acceptors (Lipinski definition) is 4. The van der Waals surface area contributed by atoms with E-state index in [9.17, 15) is 14.4 Å². The highest BCUT2D eigenvalue weighted by molar-refractivity contribution is 6.35. The van der Waals surface area contributed by atoms with Gasteiger partial charge >= 0.3 is 5.97 Å². The van der Waals surface area contributed by atoms with Crippen LogP contribution < -0.4 is 4.90 Å². The van der Waals surface area contributed by atoms with Crippen LogP contribution in [0.3, 0.4) is 0 Å². The molecule has 0 aromatic heterocycles. The van der Waals surface area contributed by atoms with Gasteiger partial charge in [-0.1, -0.05) is 30.3 Å². The fraction of sp³-hybridized carbons (Fsp3) is 0.0952. The highest BCUT2D eigenvalue weighted by Gasteiger charge is 2.37. The zero-order valence-corrected chi connectivity index (χ0v) is 14.1. The van der Waals surface area contributed by atoms with Crippen molar-refractivity contribution in [2.75, 3.05) is 11.5 Å². The molecule has 4 rings (SSSR count). The van der Waals surface area contributed by atoms with Gasteiger partial charge in [0.1, 0.15) is 0 Å². The SMILES string of the molecule is CCOC(=O)c1ccc2c(c1)C(=O)N(c1ccc3ccccc3c1)C2=O. The van der Waals surface area contributed by atoms with E-state index in [-0.39, 0.29) is 23.3 Å². The number of carbonyl (C=O) groups excluding carboxylic acids is 3. The first-order valence-corrected chi connectivity index (χ1v) is 8.29. The monoisotopic (exact) mass is 345 g/mol. The summed E-state index contributed by atoms with van der Waals surface area (Å²) in [7, 11) is 0. The molecule has 3 aromatic rings. The molecule has 0 spiro atoms. The van der Waals surface area contributed by atoms with Gasteiger partial charge in [-0.2, -0.15) is 0 Å². The normalized spacial score (nSPS) is 13.2. The molecular formula is C21H15NO4. The van der Waals surface area contributed by atoms with Gasteiger partial charge in [0.2, 0.25) is 0 Å². The Hall–Kier alpha value is -3.47. The number of carbonyl (C=O) groups is 3. The van der Waals surface area contributed by atoms with Gasteiger partial charge in [0.05, 0.1) is 29.0 Å². The fourth-order valence-corrected chi connectivity index (χ4v) is 3.13. The summed E-state index contributed by atoms with van der Waals surface area (Å²) >= 11 is 0. The lowest BCUT2D eigenvalue weighted by atomic mass is 10.1. The van der Waals surface area contributed by atoms with Crippen LogP contribution in [-0.2, 0) is 4.74 Å². The zero-order chi connectivity index (χ0) is 18.3. The van der Waals surface area contributed by atoms with Crippen LogP contribution in [0.15, 0.2) is 60.7 Å². The molecule has 1 aliphatic rings. The number of nitrogens with zero attached hydrogens (tertiary/aromatic N) is 1. The van der Waals surface area contributed by atoms with E-state index in [2.05, 4.69) is 0 Å². The topological polar surface area (TPSA) is 63.7 Å². The number of hydrogen-bond donors (Lipinski definition) is 0. The van der Waals surface area contributed by atoms with Crippen molar-refractivity contribution in [3.05, 3.63) is 77.4 Å². The van der Waals surface area contributed by atoms with Gasteiger partial charge in [0.25, 0.3) is 11.8 Å². The average Bonchev–Trinajstić information content (AvgIpc) is 2.92. The highest BCUT2D eigenvalue weighted by Crippen LogP contribution is 2.31. The van der Waals surface area contributed by atoms with Gasteiger partial charge in [0.15, 0.2) is 0 Å². The minimum absolute atomic E-state index is 0.216. The lowest BCUT2D eigenvalue weighted by Gasteiger charge is -2.14. The van der Waals surface area contributed by atoms with Crippen LogP contribution in [0.25, 0.3) is 10.8 Å². The number of benzene rings is 3. The fourth-order valence-electron chi connectivity index (χ4n) is 3.13. The summed E-state index contributed by atoms with van der Waals surface area (Å²) in [4.78, 5) is 38.6. The van der Waals surface area contributed by atoms with Crippen molar-refractivity contribution in [1.29, 1.82) is 0 Å². The molecule has 0 saturated carbocycles. The lowest BCUT2D eigenvalue weighted by Crippen LogP contribution is -2.29. The molecule has 0 atom stereocenters. The van der Waals surface area contributed by atoms with Crippen molar-refractivity contribution in [1.82, 2.24) is 0 Å². The van der Waals surface area contributed by atoms with Crippen LogP contribution in [0.5, 0.6) is 0 Å². The summed E-state index contributed by atoms with van der Waals surface area (Å²) < 4.78 is 4.96. The molecule has 0 saturated heterocycles. The molecule has 5 nitrogen and oxygen atoms in total. The van der Waals surface area contributed by atoms with Gasteiger partial charge in [-0.15, -0.1) is 0 Å². The number of amides is 2. The maximum absolute atomic E-state index is 12.8. The third kappa shape index (κ3) is 2.45. The highest BCUT2D eigenvalue weighted by atomic mass is 16.5. The van der Waals surface area contributed by atoms with Crippen LogP contribution in [0.1, 0.15) is 38.0 Å². The average molecular weight is 345 g/mol. The van der Waals surface area contributed by atoms with Crippen molar-refractivity contribution >= 4 is 34.2 Å². The molecule has 5 heteroatoms. The molecular weight excluding hydrogens is 330 g/mol. The molecule has 0 unspecified atom stereocenters. The van der Waals surface area contributed by atoms with E-state index < -0.39 is 17.8 Å². The molecule has 0 fully saturated rings. The Balaban J connectivity index is 1.75. The maximum Gasteiger partial charge on any atom is 0.338 e. The van der Waals surface area contributed by atoms with Gasteiger partial charge in [-0.05, 0) is 48.0 Å². The number of rotatable bonds is 3. The van der Waals surface area contributed by atoms with E-state index in [0.29, 0.717) is 5.69 Å². The zero-order valence-electron chi connectivity index (χ0n) is 14.1. The lowest BCUT2D eigenvalue weighted by molar-refractivity contribution is 0.0526. The molecule has 1 aliphatic heterocycles. The third-order valence-corrected chi connectivity index (χ3v) is 4.39. The Labute approximate surface area is 149 Å². The number of ether oxygens (including phenoxy) is 1. The van der Waals surface area contributed by atoms with E-state index in [1.807, 2.05) is 36.4 Å². The second kappa shape index (κ2) is 6.11. The first kappa shape index (κ1) is 16.0. The molecule has 0 radical (unpaired) electrons. The maximum atomic E-state index is 12.8. The molecule has 128 valence electrons. The van der Waals surface area contributed by atoms with Crippen molar-refractivity contribution in [2.45, 2.75) is 6.92 Å². The third-order valence-electron chi connectivity index (χ3n) is 4.39. The summed E-state index contributed by atoms with van der Waals surface area (Å²) in [6.07, 6.45) is 0. The molecule has 2 amide bonds. The van der Waals surface area contributed by atoms with Gasteiger partial charge in [0, 0.05) is 0 Å². The van der Waals surface area contributed by atoms with Gasteiger partial charge < -0.3 is 4.74 Å². The van der Waals surface area contributed by atoms with Crippen LogP contribution in [0.4, 0.5) is 5.69 Å². The summed E-state index contributed by atoms with van der Waals surface area (Å²) in [6, 6.07) is 17.6. The largest absolute Gasteiger partial charge is 0.462 e. The van der Waals surface area contributed by atoms with Crippen molar-refractivity contribution in [3.63, 3.8) is 0 Å². The van der Waals surface area contributed by atoms with Crippen LogP contribution in [0, 0.1) is 0 Å². The Morgan fingerprint density at radius 2 is 1.62 bits per heavy atom. The van der Waals surface area contributed by atoms with Crippen LogP contribution in [-0.4, -0.2) is 24.4 Å². The summed E-state index contributed by atoms with van der Waals surface area (Å²) in [6.45, 7) is 1.95. The Morgan fingerprint density at radius 1 is 0.885 bits per heavy atom. The van der Waals surface area contributed by atoms with E-state index in [1.165, 1.54) is 18.2 Å². The van der Waals surface area contributed by atoms with Crippen LogP contribution >= 0.6 is 0 Å². The number of fused-ring (bicyclic) bond motifs is 2. The van der Waals surface area contributed by atoms with E-state index in [4.69, 9.17) is 4.74 Å². The first-order valence-electron chi connectivity index (χ1n) is 8.29. The smallest absolute Gasteiger partial charge is 0.338 e. The Morgan fingerprint density at radius 3 is 2.38 bits per heavy atom.